The van der Waals surface area contributed by atoms with E-state index in [1.165, 1.54) is 18.3 Å². The quantitative estimate of drug-likeness (QED) is 0.225. The molecule has 0 atom stereocenters. The lowest BCUT2D eigenvalue weighted by atomic mass is 10.1. The summed E-state index contributed by atoms with van der Waals surface area (Å²) in [5.41, 5.74) is 4.44. The van der Waals surface area contributed by atoms with E-state index in [0.717, 1.165) is 34.0 Å². The van der Waals surface area contributed by atoms with E-state index in [-0.39, 0.29) is 18.2 Å². The van der Waals surface area contributed by atoms with Gasteiger partial charge in [-0.1, -0.05) is 42.1 Å². The Morgan fingerprint density at radius 3 is 2.57 bits per heavy atom. The van der Waals surface area contributed by atoms with Crippen LogP contribution in [0, 0.1) is 13.8 Å². The highest BCUT2D eigenvalue weighted by Gasteiger charge is 2.18. The molecule has 2 aromatic carbocycles. The van der Waals surface area contributed by atoms with Crippen molar-refractivity contribution in [1.82, 2.24) is 14.9 Å². The van der Waals surface area contributed by atoms with E-state index in [1.54, 1.807) is 0 Å². The number of fused-ring (bicyclic) bond motifs is 3. The number of aromatic nitrogens is 2. The van der Waals surface area contributed by atoms with Gasteiger partial charge in [0, 0.05) is 18.1 Å². The van der Waals surface area contributed by atoms with Gasteiger partial charge in [-0.25, -0.2) is 9.97 Å². The second kappa shape index (κ2) is 10.6. The molecule has 0 spiro atoms. The fourth-order valence-corrected chi connectivity index (χ4v) is 4.25. The van der Waals surface area contributed by atoms with E-state index in [2.05, 4.69) is 15.3 Å². The summed E-state index contributed by atoms with van der Waals surface area (Å²) in [5.74, 6) is -1.47. The Morgan fingerprint density at radius 1 is 1.06 bits per heavy atom. The highest BCUT2D eigenvalue weighted by molar-refractivity contribution is 8.00. The molecule has 35 heavy (non-hydrogen) atoms. The molecule has 0 aliphatic heterocycles. The number of nitrogens with one attached hydrogen (secondary N) is 1. The fraction of sp³-hybridized carbons (Fsp3) is 0.240. The molecule has 10 heteroatoms. The number of carbonyl (C=O) groups is 3. The lowest BCUT2D eigenvalue weighted by Gasteiger charge is -2.18. The van der Waals surface area contributed by atoms with Gasteiger partial charge in [-0.05, 0) is 37.1 Å². The number of carbonyl (C=O) groups excluding carboxylic acids is 3. The van der Waals surface area contributed by atoms with Crippen molar-refractivity contribution in [1.29, 1.82) is 0 Å². The van der Waals surface area contributed by atoms with Gasteiger partial charge in [-0.2, -0.15) is 0 Å². The van der Waals surface area contributed by atoms with Crippen LogP contribution in [0.5, 0.6) is 0 Å². The Kier molecular flexibility index (Phi) is 7.31. The minimum absolute atomic E-state index is 0.0623. The van der Waals surface area contributed by atoms with Crippen molar-refractivity contribution in [2.24, 2.45) is 0 Å². The Labute approximate surface area is 205 Å². The molecule has 4 rings (SSSR count). The third kappa shape index (κ3) is 5.60. The van der Waals surface area contributed by atoms with Crippen LogP contribution in [0.1, 0.15) is 11.1 Å². The van der Waals surface area contributed by atoms with E-state index >= 15 is 0 Å². The number of hydrogen-bond donors (Lipinski definition) is 1. The lowest BCUT2D eigenvalue weighted by Crippen LogP contribution is -2.37. The number of ether oxygens (including phenoxy) is 1. The van der Waals surface area contributed by atoms with Crippen LogP contribution in [0.4, 0.5) is 5.69 Å². The monoisotopic (exact) mass is 492 g/mol. The van der Waals surface area contributed by atoms with Gasteiger partial charge in [0.15, 0.2) is 12.2 Å². The molecule has 0 fully saturated rings. The summed E-state index contributed by atoms with van der Waals surface area (Å²) in [6.07, 6.45) is 1.42. The molecule has 1 N–H and O–H groups in total. The molecule has 2 heterocycles. The molecule has 0 radical (unpaired) electrons. The van der Waals surface area contributed by atoms with Crippen LogP contribution < -0.4 is 5.32 Å². The fourth-order valence-electron chi connectivity index (χ4n) is 3.52. The number of nitrogens with zero attached hydrogens (tertiary/aromatic N) is 3. The van der Waals surface area contributed by atoms with Gasteiger partial charge in [-0.3, -0.25) is 14.4 Å². The summed E-state index contributed by atoms with van der Waals surface area (Å²) >= 11 is 1.14. The Morgan fingerprint density at radius 2 is 1.80 bits per heavy atom. The number of hydrogen-bond acceptors (Lipinski definition) is 8. The predicted molar refractivity (Wildman–Crippen MR) is 133 cm³/mol. The summed E-state index contributed by atoms with van der Waals surface area (Å²) in [5, 5.41) is 4.20. The zero-order valence-electron chi connectivity index (χ0n) is 19.5. The van der Waals surface area contributed by atoms with E-state index in [1.807, 2.05) is 56.3 Å². The van der Waals surface area contributed by atoms with Gasteiger partial charge in [0.1, 0.15) is 22.5 Å². The Hall–Kier alpha value is -3.92. The van der Waals surface area contributed by atoms with Crippen molar-refractivity contribution in [2.75, 3.05) is 31.3 Å². The van der Waals surface area contributed by atoms with Crippen LogP contribution in [0.2, 0.25) is 0 Å². The predicted octanol–water partition coefficient (Wildman–Crippen LogP) is 3.73. The molecule has 0 aliphatic rings. The highest BCUT2D eigenvalue weighted by Crippen LogP contribution is 2.32. The SMILES string of the molecule is Cc1cccc(C)c1NC(=O)CN(C)C(=O)COC(=O)CSc1ncnc2c1oc1ccccc12. The number of likely N-dealkylation sites (N-methyl/N-ethyl adjacent to an activating group) is 1. The zero-order valence-corrected chi connectivity index (χ0v) is 20.3. The van der Waals surface area contributed by atoms with Crippen molar-refractivity contribution in [2.45, 2.75) is 18.9 Å². The van der Waals surface area contributed by atoms with Gasteiger partial charge in [0.2, 0.25) is 5.91 Å². The van der Waals surface area contributed by atoms with E-state index in [4.69, 9.17) is 9.15 Å². The minimum Gasteiger partial charge on any atom is -0.455 e. The first-order chi connectivity index (χ1) is 16.8. The highest BCUT2D eigenvalue weighted by atomic mass is 32.2. The van der Waals surface area contributed by atoms with E-state index in [0.29, 0.717) is 21.7 Å². The van der Waals surface area contributed by atoms with Gasteiger partial charge in [0.05, 0.1) is 12.3 Å². The summed E-state index contributed by atoms with van der Waals surface area (Å²) < 4.78 is 10.9. The molecule has 4 aromatic rings. The normalized spacial score (nSPS) is 10.9. The first kappa shape index (κ1) is 24.2. The maximum atomic E-state index is 12.4. The van der Waals surface area contributed by atoms with Crippen molar-refractivity contribution in [3.05, 3.63) is 59.9 Å². The van der Waals surface area contributed by atoms with Gasteiger partial charge < -0.3 is 19.4 Å². The number of benzene rings is 2. The summed E-state index contributed by atoms with van der Waals surface area (Å²) in [6, 6.07) is 13.2. The average Bonchev–Trinajstić information content (AvgIpc) is 3.23. The second-order valence-electron chi connectivity index (χ2n) is 7.97. The summed E-state index contributed by atoms with van der Waals surface area (Å²) in [4.78, 5) is 46.6. The molecule has 0 saturated carbocycles. The van der Waals surface area contributed by atoms with Crippen molar-refractivity contribution >= 4 is 57.3 Å². The second-order valence-corrected chi connectivity index (χ2v) is 8.93. The summed E-state index contributed by atoms with van der Waals surface area (Å²) in [7, 11) is 1.48. The van der Waals surface area contributed by atoms with Gasteiger partial charge in [-0.15, -0.1) is 0 Å². The molecule has 0 aliphatic carbocycles. The lowest BCUT2D eigenvalue weighted by molar-refractivity contribution is -0.149. The number of esters is 1. The first-order valence-corrected chi connectivity index (χ1v) is 11.8. The molecule has 0 unspecified atom stereocenters. The number of aryl methyl sites for hydroxylation is 2. The topological polar surface area (TPSA) is 115 Å². The van der Waals surface area contributed by atoms with Crippen molar-refractivity contribution in [3.63, 3.8) is 0 Å². The van der Waals surface area contributed by atoms with Crippen LogP contribution in [-0.4, -0.2) is 58.6 Å². The average molecular weight is 493 g/mol. The number of para-hydroxylation sites is 2. The molecule has 0 bridgehead atoms. The molecule has 180 valence electrons. The van der Waals surface area contributed by atoms with Crippen LogP contribution in [0.15, 0.2) is 58.2 Å². The maximum absolute atomic E-state index is 12.4. The maximum Gasteiger partial charge on any atom is 0.316 e. The third-order valence-corrected chi connectivity index (χ3v) is 6.31. The van der Waals surface area contributed by atoms with Gasteiger partial charge in [0.25, 0.3) is 5.91 Å². The third-order valence-electron chi connectivity index (χ3n) is 5.36. The van der Waals surface area contributed by atoms with Gasteiger partial charge >= 0.3 is 5.97 Å². The molecular formula is C25H24N4O5S. The molecule has 2 aromatic heterocycles. The van der Waals surface area contributed by atoms with Crippen LogP contribution >= 0.6 is 11.8 Å². The number of furan rings is 1. The number of anilines is 1. The zero-order chi connectivity index (χ0) is 24.9. The molecular weight excluding hydrogens is 468 g/mol. The largest absolute Gasteiger partial charge is 0.455 e. The molecule has 0 saturated heterocycles. The van der Waals surface area contributed by atoms with Crippen molar-refractivity contribution in [3.8, 4) is 0 Å². The van der Waals surface area contributed by atoms with E-state index in [9.17, 15) is 14.4 Å². The van der Waals surface area contributed by atoms with Crippen LogP contribution in [0.25, 0.3) is 22.1 Å². The Balaban J connectivity index is 1.27. The summed E-state index contributed by atoms with van der Waals surface area (Å²) in [6.45, 7) is 3.17. The van der Waals surface area contributed by atoms with Crippen molar-refractivity contribution < 1.29 is 23.5 Å². The number of amides is 2. The molecule has 2 amide bonds. The minimum atomic E-state index is -0.584. The standard InChI is InChI=1S/C25H24N4O5S/c1-15-7-6-8-16(2)22(15)28-19(30)11-29(3)20(31)12-33-21(32)13-35-25-24-23(26-14-27-25)17-9-4-5-10-18(17)34-24/h4-10,14H,11-13H2,1-3H3,(H,28,30). The first-order valence-electron chi connectivity index (χ1n) is 10.8. The van der Waals surface area contributed by atoms with Crippen LogP contribution in [-0.2, 0) is 19.1 Å². The Bertz CT molecular complexity index is 1400. The molecule has 9 nitrogen and oxygen atoms in total. The number of rotatable bonds is 8. The van der Waals surface area contributed by atoms with E-state index < -0.39 is 18.5 Å². The number of thioether (sulfide) groups is 1. The smallest absolute Gasteiger partial charge is 0.316 e. The van der Waals surface area contributed by atoms with Crippen LogP contribution in [0.3, 0.4) is 0 Å².